The number of rotatable bonds is 3. The standard InChI is InChI=1S/C19H20F4N2O3/c1-2-15(26)25-11-17(20,12-25)16(27)24-8-6-18(28,7-9-24)13-4-3-5-14(10-13)19(21,22)23/h2-5,10,28H,1,6-9,11-12H2. The first-order valence-electron chi connectivity index (χ1n) is 8.78. The van der Waals surface area contributed by atoms with Crippen molar-refractivity contribution in [1.82, 2.24) is 9.80 Å². The molecule has 0 aromatic heterocycles. The molecule has 0 bridgehead atoms. The van der Waals surface area contributed by atoms with Crippen LogP contribution in [0.5, 0.6) is 0 Å². The number of benzene rings is 1. The molecule has 1 aromatic carbocycles. The van der Waals surface area contributed by atoms with Gasteiger partial charge in [-0.2, -0.15) is 13.2 Å². The zero-order valence-electron chi connectivity index (χ0n) is 15.0. The average molecular weight is 400 g/mol. The predicted octanol–water partition coefficient (Wildman–Crippen LogP) is 2.25. The topological polar surface area (TPSA) is 60.9 Å². The fourth-order valence-corrected chi connectivity index (χ4v) is 3.62. The van der Waals surface area contributed by atoms with Crippen LogP contribution in [0.15, 0.2) is 36.9 Å². The molecule has 0 atom stereocenters. The number of amides is 2. The van der Waals surface area contributed by atoms with Gasteiger partial charge in [0.25, 0.3) is 5.91 Å². The zero-order chi connectivity index (χ0) is 20.7. The maximum absolute atomic E-state index is 14.7. The molecule has 0 radical (unpaired) electrons. The van der Waals surface area contributed by atoms with Crippen molar-refractivity contribution in [2.24, 2.45) is 0 Å². The number of likely N-dealkylation sites (tertiary alicyclic amines) is 2. The fourth-order valence-electron chi connectivity index (χ4n) is 3.62. The summed E-state index contributed by atoms with van der Waals surface area (Å²) >= 11 is 0. The molecule has 1 N–H and O–H groups in total. The van der Waals surface area contributed by atoms with E-state index in [2.05, 4.69) is 6.58 Å². The second-order valence-corrected chi connectivity index (χ2v) is 7.27. The molecule has 2 fully saturated rings. The van der Waals surface area contributed by atoms with E-state index in [-0.39, 0.29) is 44.6 Å². The van der Waals surface area contributed by atoms with Gasteiger partial charge in [-0.3, -0.25) is 9.59 Å². The minimum Gasteiger partial charge on any atom is -0.385 e. The molecule has 5 nitrogen and oxygen atoms in total. The van der Waals surface area contributed by atoms with Crippen LogP contribution in [-0.4, -0.2) is 58.6 Å². The van der Waals surface area contributed by atoms with Crippen LogP contribution in [0.25, 0.3) is 0 Å². The molecule has 2 saturated heterocycles. The number of hydrogen-bond donors (Lipinski definition) is 1. The van der Waals surface area contributed by atoms with Crippen LogP contribution in [0.4, 0.5) is 17.6 Å². The Bertz CT molecular complexity index is 795. The monoisotopic (exact) mass is 400 g/mol. The molecule has 0 aliphatic carbocycles. The van der Waals surface area contributed by atoms with Crippen molar-refractivity contribution in [3.63, 3.8) is 0 Å². The summed E-state index contributed by atoms with van der Waals surface area (Å²) in [4.78, 5) is 26.3. The molecule has 1 aromatic rings. The predicted molar refractivity (Wildman–Crippen MR) is 91.8 cm³/mol. The molecule has 0 saturated carbocycles. The minimum atomic E-state index is -4.53. The van der Waals surface area contributed by atoms with Crippen molar-refractivity contribution in [2.75, 3.05) is 26.2 Å². The van der Waals surface area contributed by atoms with Gasteiger partial charge in [0.2, 0.25) is 11.6 Å². The van der Waals surface area contributed by atoms with Crippen molar-refractivity contribution in [3.05, 3.63) is 48.0 Å². The van der Waals surface area contributed by atoms with E-state index in [9.17, 15) is 32.3 Å². The Morgan fingerprint density at radius 1 is 1.14 bits per heavy atom. The highest BCUT2D eigenvalue weighted by Crippen LogP contribution is 2.38. The van der Waals surface area contributed by atoms with Crippen molar-refractivity contribution in [3.8, 4) is 0 Å². The molecule has 152 valence electrons. The van der Waals surface area contributed by atoms with E-state index in [1.165, 1.54) is 17.0 Å². The lowest BCUT2D eigenvalue weighted by atomic mass is 9.83. The molecule has 9 heteroatoms. The highest BCUT2D eigenvalue weighted by Gasteiger charge is 2.54. The van der Waals surface area contributed by atoms with Gasteiger partial charge in [-0.1, -0.05) is 18.7 Å². The van der Waals surface area contributed by atoms with Gasteiger partial charge in [0, 0.05) is 13.1 Å². The van der Waals surface area contributed by atoms with Gasteiger partial charge in [0.05, 0.1) is 24.3 Å². The summed E-state index contributed by atoms with van der Waals surface area (Å²) in [6, 6.07) is 4.46. The lowest BCUT2D eigenvalue weighted by Crippen LogP contribution is -2.68. The zero-order valence-corrected chi connectivity index (χ0v) is 15.0. The summed E-state index contributed by atoms with van der Waals surface area (Å²) in [5.74, 6) is -1.23. The van der Waals surface area contributed by atoms with Gasteiger partial charge >= 0.3 is 6.18 Å². The first kappa shape index (κ1) is 20.3. The van der Waals surface area contributed by atoms with E-state index in [1.807, 2.05) is 0 Å². The number of carbonyl (C=O) groups excluding carboxylic acids is 2. The van der Waals surface area contributed by atoms with Crippen LogP contribution >= 0.6 is 0 Å². The van der Waals surface area contributed by atoms with Crippen LogP contribution in [0.1, 0.15) is 24.0 Å². The van der Waals surface area contributed by atoms with Crippen molar-refractivity contribution >= 4 is 11.8 Å². The van der Waals surface area contributed by atoms with Gasteiger partial charge in [-0.25, -0.2) is 4.39 Å². The van der Waals surface area contributed by atoms with Gasteiger partial charge < -0.3 is 14.9 Å². The second kappa shape index (κ2) is 6.88. The molecular formula is C19H20F4N2O3. The first-order chi connectivity index (χ1) is 13.0. The lowest BCUT2D eigenvalue weighted by Gasteiger charge is -2.47. The summed E-state index contributed by atoms with van der Waals surface area (Å²) < 4.78 is 53.4. The number of carbonyl (C=O) groups is 2. The molecular weight excluding hydrogens is 380 g/mol. The van der Waals surface area contributed by atoms with Crippen LogP contribution in [0.3, 0.4) is 0 Å². The maximum Gasteiger partial charge on any atom is 0.416 e. The van der Waals surface area contributed by atoms with E-state index < -0.39 is 34.8 Å². The SMILES string of the molecule is C=CC(=O)N1CC(F)(C(=O)N2CCC(O)(c3cccc(C(F)(F)F)c3)CC2)C1. The third kappa shape index (κ3) is 3.63. The summed E-state index contributed by atoms with van der Waals surface area (Å²) in [5, 5.41) is 10.8. The van der Waals surface area contributed by atoms with Crippen LogP contribution < -0.4 is 0 Å². The number of aliphatic hydroxyl groups is 1. The summed E-state index contributed by atoms with van der Waals surface area (Å²) in [7, 11) is 0. The Balaban J connectivity index is 1.65. The largest absolute Gasteiger partial charge is 0.416 e. The van der Waals surface area contributed by atoms with Crippen LogP contribution in [0, 0.1) is 0 Å². The third-order valence-corrected chi connectivity index (χ3v) is 5.36. The molecule has 2 amide bonds. The first-order valence-corrected chi connectivity index (χ1v) is 8.78. The van der Waals surface area contributed by atoms with Gasteiger partial charge in [-0.15, -0.1) is 0 Å². The van der Waals surface area contributed by atoms with Gasteiger partial charge in [0.1, 0.15) is 0 Å². The number of halogens is 4. The van der Waals surface area contributed by atoms with Gasteiger partial charge in [-0.05, 0) is 36.6 Å². The maximum atomic E-state index is 14.7. The molecule has 28 heavy (non-hydrogen) atoms. The highest BCUT2D eigenvalue weighted by molar-refractivity contribution is 5.93. The third-order valence-electron chi connectivity index (χ3n) is 5.36. The van der Waals surface area contributed by atoms with Crippen LogP contribution in [0.2, 0.25) is 0 Å². The minimum absolute atomic E-state index is 0.00660. The number of piperidine rings is 1. The Hall–Kier alpha value is -2.42. The van der Waals surface area contributed by atoms with E-state index in [0.29, 0.717) is 0 Å². The van der Waals surface area contributed by atoms with E-state index in [4.69, 9.17) is 0 Å². The second-order valence-electron chi connectivity index (χ2n) is 7.27. The lowest BCUT2D eigenvalue weighted by molar-refractivity contribution is -0.164. The molecule has 0 unspecified atom stereocenters. The summed E-state index contributed by atoms with van der Waals surface area (Å²) in [6.45, 7) is 2.61. The Morgan fingerprint density at radius 3 is 2.29 bits per heavy atom. The molecule has 0 spiro atoms. The normalized spacial score (nSPS) is 21.0. The smallest absolute Gasteiger partial charge is 0.385 e. The molecule has 3 rings (SSSR count). The Kier molecular flexibility index (Phi) is 4.99. The van der Waals surface area contributed by atoms with Crippen molar-refractivity contribution < 1.29 is 32.3 Å². The number of alkyl halides is 4. The van der Waals surface area contributed by atoms with E-state index in [0.717, 1.165) is 23.1 Å². The van der Waals surface area contributed by atoms with E-state index in [1.54, 1.807) is 0 Å². The summed E-state index contributed by atoms with van der Waals surface area (Å²) in [6.07, 6.45) is -3.50. The quantitative estimate of drug-likeness (QED) is 0.626. The highest BCUT2D eigenvalue weighted by atomic mass is 19.4. The molecule has 2 aliphatic heterocycles. The van der Waals surface area contributed by atoms with E-state index >= 15 is 0 Å². The fraction of sp³-hybridized carbons (Fsp3) is 0.474. The van der Waals surface area contributed by atoms with Gasteiger partial charge in [0.15, 0.2) is 0 Å². The number of nitrogens with zero attached hydrogens (tertiary/aromatic N) is 2. The Labute approximate surface area is 159 Å². The molecule has 2 aliphatic rings. The van der Waals surface area contributed by atoms with Crippen molar-refractivity contribution in [1.29, 1.82) is 0 Å². The average Bonchev–Trinajstić information content (AvgIpc) is 2.64. The van der Waals surface area contributed by atoms with Crippen molar-refractivity contribution in [2.45, 2.75) is 30.3 Å². The number of hydrogen-bond acceptors (Lipinski definition) is 3. The Morgan fingerprint density at radius 2 is 1.75 bits per heavy atom. The summed E-state index contributed by atoms with van der Waals surface area (Å²) in [5.41, 5.74) is -4.44. The molecule has 2 heterocycles. The van der Waals surface area contributed by atoms with Crippen LogP contribution in [-0.2, 0) is 21.4 Å².